The van der Waals surface area contributed by atoms with Crippen LogP contribution in [0.1, 0.15) is 35.5 Å². The number of aromatic nitrogens is 3. The minimum absolute atomic E-state index is 0.0825. The molecule has 10 heteroatoms. The molecule has 0 atom stereocenters. The van der Waals surface area contributed by atoms with Gasteiger partial charge >= 0.3 is 0 Å². The van der Waals surface area contributed by atoms with E-state index in [2.05, 4.69) is 36.2 Å². The third kappa shape index (κ3) is 3.89. The van der Waals surface area contributed by atoms with E-state index in [-0.39, 0.29) is 17.9 Å². The number of rotatable bonds is 5. The van der Waals surface area contributed by atoms with Crippen LogP contribution < -0.4 is 10.9 Å². The van der Waals surface area contributed by atoms with Crippen LogP contribution in [0.15, 0.2) is 26.1 Å². The van der Waals surface area contributed by atoms with E-state index in [0.717, 1.165) is 44.5 Å². The standard InChI is InChI=1S/C20H17BrN4O2S3/c21-11-7-8-28-17(11)12-9-29-20(22-12)25-15(26)6-5-14-23-18(27)16-10-3-1-2-4-13(10)30-19(16)24-14/h7-9H,1-6H2,(H,22,25,26)(H,23,24,27). The first-order chi connectivity index (χ1) is 14.6. The van der Waals surface area contributed by atoms with Crippen molar-refractivity contribution in [1.82, 2.24) is 15.0 Å². The van der Waals surface area contributed by atoms with Gasteiger partial charge in [0.1, 0.15) is 10.7 Å². The summed E-state index contributed by atoms with van der Waals surface area (Å²) in [4.78, 5) is 40.1. The molecular weight excluding hydrogens is 504 g/mol. The van der Waals surface area contributed by atoms with Crippen molar-refractivity contribution in [3.63, 3.8) is 0 Å². The number of amides is 1. The SMILES string of the molecule is O=C(CCc1nc2sc3c(c2c(=O)[nH]1)CCCC3)Nc1nc(-c2sccc2Br)cs1. The second-order valence-electron chi connectivity index (χ2n) is 7.09. The van der Waals surface area contributed by atoms with Crippen molar-refractivity contribution < 1.29 is 4.79 Å². The van der Waals surface area contributed by atoms with Crippen LogP contribution in [0.25, 0.3) is 20.8 Å². The number of nitrogens with zero attached hydrogens (tertiary/aromatic N) is 2. The minimum Gasteiger partial charge on any atom is -0.310 e. The minimum atomic E-state index is -0.144. The molecule has 1 aliphatic rings. The van der Waals surface area contributed by atoms with E-state index in [0.29, 0.717) is 17.4 Å². The average Bonchev–Trinajstić information content (AvgIpc) is 3.44. The van der Waals surface area contributed by atoms with E-state index in [4.69, 9.17) is 0 Å². The van der Waals surface area contributed by atoms with Crippen LogP contribution in [-0.2, 0) is 24.1 Å². The van der Waals surface area contributed by atoms with E-state index in [1.165, 1.54) is 28.2 Å². The van der Waals surface area contributed by atoms with Gasteiger partial charge in [0.15, 0.2) is 5.13 Å². The molecule has 1 amide bonds. The first-order valence-electron chi connectivity index (χ1n) is 9.60. The van der Waals surface area contributed by atoms with Gasteiger partial charge in [-0.25, -0.2) is 9.97 Å². The van der Waals surface area contributed by atoms with Crippen molar-refractivity contribution in [3.8, 4) is 10.6 Å². The Kier molecular flexibility index (Phi) is 5.57. The van der Waals surface area contributed by atoms with Gasteiger partial charge in [-0.05, 0) is 58.6 Å². The Morgan fingerprint density at radius 1 is 1.23 bits per heavy atom. The van der Waals surface area contributed by atoms with Crippen LogP contribution in [0.4, 0.5) is 5.13 Å². The lowest BCUT2D eigenvalue weighted by Gasteiger charge is -2.09. The lowest BCUT2D eigenvalue weighted by molar-refractivity contribution is -0.116. The summed E-state index contributed by atoms with van der Waals surface area (Å²) in [5.74, 6) is 0.415. The maximum atomic E-state index is 12.6. The molecule has 0 unspecified atom stereocenters. The van der Waals surface area contributed by atoms with Crippen LogP contribution in [0.3, 0.4) is 0 Å². The van der Waals surface area contributed by atoms with Gasteiger partial charge < -0.3 is 10.3 Å². The van der Waals surface area contributed by atoms with Gasteiger partial charge in [0.05, 0.1) is 16.0 Å². The van der Waals surface area contributed by atoms with E-state index < -0.39 is 0 Å². The number of halogens is 1. The summed E-state index contributed by atoms with van der Waals surface area (Å²) in [6.07, 6.45) is 4.91. The molecule has 6 nitrogen and oxygen atoms in total. The maximum Gasteiger partial charge on any atom is 0.259 e. The zero-order chi connectivity index (χ0) is 20.7. The molecule has 30 heavy (non-hydrogen) atoms. The van der Waals surface area contributed by atoms with Crippen LogP contribution in [-0.4, -0.2) is 20.9 Å². The summed E-state index contributed by atoms with van der Waals surface area (Å²) in [6.45, 7) is 0. The first kappa shape index (κ1) is 20.0. The van der Waals surface area contributed by atoms with Crippen molar-refractivity contribution in [2.24, 2.45) is 0 Å². The molecule has 0 bridgehead atoms. The first-order valence-corrected chi connectivity index (χ1v) is 13.0. The molecule has 4 aromatic rings. The lowest BCUT2D eigenvalue weighted by atomic mass is 9.97. The molecule has 0 aliphatic heterocycles. The van der Waals surface area contributed by atoms with Crippen molar-refractivity contribution in [3.05, 3.63) is 47.9 Å². The molecule has 0 fully saturated rings. The van der Waals surface area contributed by atoms with Crippen molar-refractivity contribution in [1.29, 1.82) is 0 Å². The van der Waals surface area contributed by atoms with Gasteiger partial charge in [0, 0.05) is 27.6 Å². The Morgan fingerprint density at radius 3 is 2.93 bits per heavy atom. The summed E-state index contributed by atoms with van der Waals surface area (Å²) in [7, 11) is 0. The maximum absolute atomic E-state index is 12.6. The predicted molar refractivity (Wildman–Crippen MR) is 127 cm³/mol. The molecule has 0 spiro atoms. The number of aromatic amines is 1. The molecule has 1 aliphatic carbocycles. The van der Waals surface area contributed by atoms with Crippen molar-refractivity contribution in [2.45, 2.75) is 38.5 Å². The van der Waals surface area contributed by atoms with Crippen LogP contribution in [0.2, 0.25) is 0 Å². The Morgan fingerprint density at radius 2 is 2.10 bits per heavy atom. The summed E-state index contributed by atoms with van der Waals surface area (Å²) in [5.41, 5.74) is 1.94. The average molecular weight is 521 g/mol. The fourth-order valence-electron chi connectivity index (χ4n) is 3.65. The van der Waals surface area contributed by atoms with Crippen LogP contribution in [0.5, 0.6) is 0 Å². The van der Waals surface area contributed by atoms with Gasteiger partial charge in [0.2, 0.25) is 5.91 Å². The largest absolute Gasteiger partial charge is 0.310 e. The molecule has 0 saturated heterocycles. The van der Waals surface area contributed by atoms with Gasteiger partial charge in [-0.1, -0.05) is 0 Å². The Bertz CT molecular complexity index is 1300. The Balaban J connectivity index is 1.26. The van der Waals surface area contributed by atoms with Crippen LogP contribution in [0, 0.1) is 0 Å². The molecule has 0 aromatic carbocycles. The van der Waals surface area contributed by atoms with Crippen LogP contribution >= 0.6 is 49.9 Å². The number of aryl methyl sites for hydroxylation is 3. The second-order valence-corrected chi connectivity index (χ2v) is 10.8. The highest BCUT2D eigenvalue weighted by Gasteiger charge is 2.20. The molecule has 4 aromatic heterocycles. The number of nitrogens with one attached hydrogen (secondary N) is 2. The summed E-state index contributed by atoms with van der Waals surface area (Å²) < 4.78 is 0.997. The number of fused-ring (bicyclic) bond motifs is 3. The number of anilines is 1. The van der Waals surface area contributed by atoms with Gasteiger partial charge in [-0.3, -0.25) is 9.59 Å². The third-order valence-electron chi connectivity index (χ3n) is 5.06. The predicted octanol–water partition coefficient (Wildman–Crippen LogP) is 5.38. The number of hydrogen-bond donors (Lipinski definition) is 2. The van der Waals surface area contributed by atoms with E-state index >= 15 is 0 Å². The van der Waals surface area contributed by atoms with Crippen molar-refractivity contribution in [2.75, 3.05) is 5.32 Å². The normalized spacial score (nSPS) is 13.5. The fraction of sp³-hybridized carbons (Fsp3) is 0.300. The zero-order valence-corrected chi connectivity index (χ0v) is 19.8. The highest BCUT2D eigenvalue weighted by molar-refractivity contribution is 9.10. The summed E-state index contributed by atoms with van der Waals surface area (Å²) in [6, 6.07) is 1.98. The van der Waals surface area contributed by atoms with E-state index in [1.807, 2.05) is 16.8 Å². The molecule has 5 rings (SSSR count). The van der Waals surface area contributed by atoms with Crippen molar-refractivity contribution >= 4 is 71.2 Å². The van der Waals surface area contributed by atoms with Gasteiger partial charge in [-0.2, -0.15) is 0 Å². The molecule has 154 valence electrons. The molecular formula is C20H17BrN4O2S3. The molecule has 0 radical (unpaired) electrons. The Labute approximate surface area is 192 Å². The zero-order valence-electron chi connectivity index (χ0n) is 15.8. The second kappa shape index (κ2) is 8.33. The number of hydrogen-bond acceptors (Lipinski definition) is 7. The number of thiophene rings is 2. The molecule has 2 N–H and O–H groups in total. The van der Waals surface area contributed by atoms with E-state index in [9.17, 15) is 9.59 Å². The number of carbonyl (C=O) groups is 1. The summed E-state index contributed by atoms with van der Waals surface area (Å²) >= 11 is 8.13. The number of thiazole rings is 1. The quantitative estimate of drug-likeness (QED) is 0.369. The smallest absolute Gasteiger partial charge is 0.259 e. The van der Waals surface area contributed by atoms with E-state index in [1.54, 1.807) is 22.7 Å². The third-order valence-corrected chi connectivity index (χ3v) is 8.87. The number of carbonyl (C=O) groups excluding carboxylic acids is 1. The van der Waals surface area contributed by atoms with Gasteiger partial charge in [-0.15, -0.1) is 34.0 Å². The fourth-order valence-corrected chi connectivity index (χ4v) is 7.26. The summed E-state index contributed by atoms with van der Waals surface area (Å²) in [5, 5.41) is 8.08. The topological polar surface area (TPSA) is 87.7 Å². The number of H-pyrrole nitrogens is 1. The molecule has 0 saturated carbocycles. The Hall–Kier alpha value is -1.88. The highest BCUT2D eigenvalue weighted by atomic mass is 79.9. The van der Waals surface area contributed by atoms with Gasteiger partial charge in [0.25, 0.3) is 5.56 Å². The monoisotopic (exact) mass is 520 g/mol. The molecule has 4 heterocycles. The highest BCUT2D eigenvalue weighted by Crippen LogP contribution is 2.35. The lowest BCUT2D eigenvalue weighted by Crippen LogP contribution is -2.16.